The van der Waals surface area contributed by atoms with Crippen molar-refractivity contribution in [1.82, 2.24) is 9.78 Å². The third-order valence-corrected chi connectivity index (χ3v) is 4.43. The number of carbonyl (C=O) groups is 2. The van der Waals surface area contributed by atoms with E-state index in [9.17, 15) is 18.8 Å². The highest BCUT2D eigenvalue weighted by Gasteiger charge is 2.14. The summed E-state index contributed by atoms with van der Waals surface area (Å²) in [6, 6.07) is 12.1. The van der Waals surface area contributed by atoms with E-state index in [2.05, 4.69) is 15.7 Å². The van der Waals surface area contributed by atoms with E-state index >= 15 is 0 Å². The van der Waals surface area contributed by atoms with Gasteiger partial charge in [0, 0.05) is 23.2 Å². The lowest BCUT2D eigenvalue weighted by Gasteiger charge is -2.12. The molecule has 0 aliphatic carbocycles. The number of amides is 2. The van der Waals surface area contributed by atoms with Crippen LogP contribution in [0.5, 0.6) is 0 Å². The van der Waals surface area contributed by atoms with Gasteiger partial charge < -0.3 is 10.6 Å². The zero-order valence-electron chi connectivity index (χ0n) is 16.2. The van der Waals surface area contributed by atoms with Gasteiger partial charge in [-0.05, 0) is 48.9 Å². The Kier molecular flexibility index (Phi) is 6.27. The van der Waals surface area contributed by atoms with Crippen LogP contribution < -0.4 is 16.2 Å². The molecular formula is C21H18ClFN4O3. The van der Waals surface area contributed by atoms with Gasteiger partial charge in [-0.2, -0.15) is 5.10 Å². The van der Waals surface area contributed by atoms with Gasteiger partial charge in [0.2, 0.25) is 11.8 Å². The third-order valence-electron chi connectivity index (χ3n) is 4.18. The predicted octanol–water partition coefficient (Wildman–Crippen LogP) is 3.61. The first-order valence-corrected chi connectivity index (χ1v) is 9.32. The monoisotopic (exact) mass is 428 g/mol. The number of benzene rings is 2. The van der Waals surface area contributed by atoms with Gasteiger partial charge in [0.25, 0.3) is 5.56 Å². The number of carbonyl (C=O) groups excluding carboxylic acids is 2. The first-order chi connectivity index (χ1) is 14.2. The molecule has 0 fully saturated rings. The van der Waals surface area contributed by atoms with E-state index in [1.165, 1.54) is 31.2 Å². The summed E-state index contributed by atoms with van der Waals surface area (Å²) in [6.45, 7) is 2.53. The molecule has 0 saturated carbocycles. The molecular weight excluding hydrogens is 411 g/mol. The summed E-state index contributed by atoms with van der Waals surface area (Å²) < 4.78 is 14.2. The summed E-state index contributed by atoms with van der Waals surface area (Å²) in [4.78, 5) is 36.7. The maximum atomic E-state index is 13.3. The molecule has 3 rings (SSSR count). The molecule has 0 spiro atoms. The first-order valence-electron chi connectivity index (χ1n) is 8.94. The Labute approximate surface area is 176 Å². The SMILES string of the molecule is CC(=O)Nc1cc(-c2ccc(Cl)cc2)nn(CC(=O)Nc2ccc(F)cc2C)c1=O. The number of aryl methyl sites for hydroxylation is 1. The average Bonchev–Trinajstić information content (AvgIpc) is 2.67. The van der Waals surface area contributed by atoms with Crippen molar-refractivity contribution in [3.05, 3.63) is 75.3 Å². The van der Waals surface area contributed by atoms with Crippen molar-refractivity contribution in [3.63, 3.8) is 0 Å². The summed E-state index contributed by atoms with van der Waals surface area (Å²) in [6.07, 6.45) is 0. The lowest BCUT2D eigenvalue weighted by atomic mass is 10.1. The van der Waals surface area contributed by atoms with E-state index in [0.717, 1.165) is 4.68 Å². The molecule has 7 nitrogen and oxygen atoms in total. The van der Waals surface area contributed by atoms with E-state index in [1.54, 1.807) is 31.2 Å². The summed E-state index contributed by atoms with van der Waals surface area (Å²) in [5.41, 5.74) is 1.35. The number of nitrogens with one attached hydrogen (secondary N) is 2. The molecule has 2 aromatic carbocycles. The first kappa shape index (κ1) is 21.2. The molecule has 3 aromatic rings. The minimum Gasteiger partial charge on any atom is -0.324 e. The van der Waals surface area contributed by atoms with Crippen molar-refractivity contribution in [2.24, 2.45) is 0 Å². The number of anilines is 2. The van der Waals surface area contributed by atoms with E-state index in [-0.39, 0.29) is 5.69 Å². The molecule has 0 radical (unpaired) electrons. The van der Waals surface area contributed by atoms with Crippen LogP contribution in [0.2, 0.25) is 5.02 Å². The van der Waals surface area contributed by atoms with Crippen LogP contribution in [-0.2, 0) is 16.1 Å². The summed E-state index contributed by atoms with van der Waals surface area (Å²) in [5, 5.41) is 9.87. The molecule has 2 N–H and O–H groups in total. The average molecular weight is 429 g/mol. The summed E-state index contributed by atoms with van der Waals surface area (Å²) in [5.74, 6) is -1.38. The third kappa shape index (κ3) is 5.09. The van der Waals surface area contributed by atoms with Crippen molar-refractivity contribution in [1.29, 1.82) is 0 Å². The zero-order chi connectivity index (χ0) is 21.8. The number of rotatable bonds is 5. The van der Waals surface area contributed by atoms with Gasteiger partial charge in [-0.1, -0.05) is 23.7 Å². The molecule has 1 aromatic heterocycles. The van der Waals surface area contributed by atoms with Gasteiger partial charge >= 0.3 is 0 Å². The number of halogens is 2. The van der Waals surface area contributed by atoms with Crippen LogP contribution in [0.4, 0.5) is 15.8 Å². The van der Waals surface area contributed by atoms with E-state index in [4.69, 9.17) is 11.6 Å². The molecule has 0 aliphatic heterocycles. The molecule has 0 atom stereocenters. The lowest BCUT2D eigenvalue weighted by molar-refractivity contribution is -0.117. The van der Waals surface area contributed by atoms with Gasteiger partial charge in [0.1, 0.15) is 18.0 Å². The zero-order valence-corrected chi connectivity index (χ0v) is 17.0. The largest absolute Gasteiger partial charge is 0.324 e. The highest BCUT2D eigenvalue weighted by Crippen LogP contribution is 2.21. The maximum Gasteiger partial charge on any atom is 0.291 e. The second-order valence-corrected chi connectivity index (χ2v) is 7.04. The van der Waals surface area contributed by atoms with Crippen LogP contribution >= 0.6 is 11.6 Å². The van der Waals surface area contributed by atoms with Gasteiger partial charge in [-0.15, -0.1) is 0 Å². The molecule has 0 aliphatic rings. The van der Waals surface area contributed by atoms with Gasteiger partial charge in [-0.25, -0.2) is 9.07 Å². The number of aromatic nitrogens is 2. The van der Waals surface area contributed by atoms with Crippen LogP contribution in [0.3, 0.4) is 0 Å². The van der Waals surface area contributed by atoms with Crippen molar-refractivity contribution in [2.45, 2.75) is 20.4 Å². The minimum absolute atomic E-state index is 0.00628. The highest BCUT2D eigenvalue weighted by atomic mass is 35.5. The lowest BCUT2D eigenvalue weighted by Crippen LogP contribution is -2.32. The highest BCUT2D eigenvalue weighted by molar-refractivity contribution is 6.30. The fraction of sp³-hybridized carbons (Fsp3) is 0.143. The summed E-state index contributed by atoms with van der Waals surface area (Å²) in [7, 11) is 0. The number of hydrogen-bond donors (Lipinski definition) is 2. The van der Waals surface area contributed by atoms with Crippen LogP contribution in [0.15, 0.2) is 53.3 Å². The van der Waals surface area contributed by atoms with Crippen molar-refractivity contribution < 1.29 is 14.0 Å². The molecule has 154 valence electrons. The Morgan fingerprint density at radius 1 is 1.07 bits per heavy atom. The van der Waals surface area contributed by atoms with Gasteiger partial charge in [-0.3, -0.25) is 14.4 Å². The fourth-order valence-electron chi connectivity index (χ4n) is 2.78. The van der Waals surface area contributed by atoms with Crippen molar-refractivity contribution >= 4 is 34.8 Å². The van der Waals surface area contributed by atoms with Crippen molar-refractivity contribution in [3.8, 4) is 11.3 Å². The van der Waals surface area contributed by atoms with E-state index in [0.29, 0.717) is 27.5 Å². The molecule has 30 heavy (non-hydrogen) atoms. The van der Waals surface area contributed by atoms with E-state index in [1.807, 2.05) is 0 Å². The Hall–Kier alpha value is -3.52. The Morgan fingerprint density at radius 3 is 2.40 bits per heavy atom. The van der Waals surface area contributed by atoms with Gasteiger partial charge in [0.15, 0.2) is 0 Å². The Bertz CT molecular complexity index is 1180. The smallest absolute Gasteiger partial charge is 0.291 e. The Balaban J connectivity index is 1.94. The quantitative estimate of drug-likeness (QED) is 0.649. The fourth-order valence-corrected chi connectivity index (χ4v) is 2.91. The Morgan fingerprint density at radius 2 is 1.77 bits per heavy atom. The topological polar surface area (TPSA) is 93.1 Å². The molecule has 1 heterocycles. The minimum atomic E-state index is -0.631. The van der Waals surface area contributed by atoms with Crippen LogP contribution in [-0.4, -0.2) is 21.6 Å². The maximum absolute atomic E-state index is 13.3. The molecule has 0 bridgehead atoms. The number of nitrogens with zero attached hydrogens (tertiary/aromatic N) is 2. The van der Waals surface area contributed by atoms with Crippen LogP contribution in [0.1, 0.15) is 12.5 Å². The molecule has 0 unspecified atom stereocenters. The van der Waals surface area contributed by atoms with Crippen molar-refractivity contribution in [2.75, 3.05) is 10.6 Å². The van der Waals surface area contributed by atoms with Gasteiger partial charge in [0.05, 0.1) is 5.69 Å². The van der Waals surface area contributed by atoms with Crippen LogP contribution in [0, 0.1) is 12.7 Å². The predicted molar refractivity (Wildman–Crippen MR) is 113 cm³/mol. The standard InChI is InChI=1S/C21H18ClFN4O3/c1-12-9-16(23)7-8-17(12)25-20(29)11-27-21(30)19(24-13(2)28)10-18(26-27)14-3-5-15(22)6-4-14/h3-10H,11H2,1-2H3,(H,24,28)(H,25,29). The molecule has 9 heteroatoms. The summed E-state index contributed by atoms with van der Waals surface area (Å²) >= 11 is 5.92. The second-order valence-electron chi connectivity index (χ2n) is 6.60. The molecule has 0 saturated heterocycles. The van der Waals surface area contributed by atoms with E-state index < -0.39 is 29.7 Å². The van der Waals surface area contributed by atoms with Crippen LogP contribution in [0.25, 0.3) is 11.3 Å². The number of hydrogen-bond acceptors (Lipinski definition) is 4. The molecule has 2 amide bonds. The normalized spacial score (nSPS) is 10.5. The second kappa shape index (κ2) is 8.87.